The minimum Gasteiger partial charge on any atom is -0.324 e. The first kappa shape index (κ1) is 15.7. The maximum absolute atomic E-state index is 12.5. The van der Waals surface area contributed by atoms with Crippen LogP contribution in [0.25, 0.3) is 0 Å². The Hall–Kier alpha value is -1.20. The summed E-state index contributed by atoms with van der Waals surface area (Å²) >= 11 is 1.93. The molecule has 4 nitrogen and oxygen atoms in total. The second-order valence-electron chi connectivity index (χ2n) is 6.12. The first-order valence-electron chi connectivity index (χ1n) is 8.13. The predicted octanol–water partition coefficient (Wildman–Crippen LogP) is 3.03. The fourth-order valence-electron chi connectivity index (χ4n) is 3.25. The third kappa shape index (κ3) is 3.25. The molecule has 120 valence electrons. The van der Waals surface area contributed by atoms with Crippen molar-refractivity contribution in [3.63, 3.8) is 0 Å². The van der Waals surface area contributed by atoms with Crippen molar-refractivity contribution in [3.05, 3.63) is 29.3 Å². The molecule has 3 rings (SSSR count). The van der Waals surface area contributed by atoms with Crippen LogP contribution in [0.5, 0.6) is 0 Å². The Kier molecular flexibility index (Phi) is 4.93. The van der Waals surface area contributed by atoms with Crippen LogP contribution in [0.3, 0.4) is 0 Å². The summed E-state index contributed by atoms with van der Waals surface area (Å²) in [6.07, 6.45) is 2.12. The number of anilines is 1. The highest BCUT2D eigenvalue weighted by atomic mass is 32.2. The first-order chi connectivity index (χ1) is 10.7. The van der Waals surface area contributed by atoms with Gasteiger partial charge in [0.05, 0.1) is 0 Å². The highest BCUT2D eigenvalue weighted by Crippen LogP contribution is 2.27. The second-order valence-corrected chi connectivity index (χ2v) is 7.27. The summed E-state index contributed by atoms with van der Waals surface area (Å²) in [7, 11) is 1.92. The van der Waals surface area contributed by atoms with Crippen LogP contribution in [-0.2, 0) is 13.0 Å². The molecule has 1 N–H and O–H groups in total. The van der Waals surface area contributed by atoms with Gasteiger partial charge in [-0.25, -0.2) is 4.79 Å². The van der Waals surface area contributed by atoms with Crippen molar-refractivity contribution in [2.24, 2.45) is 0 Å². The normalized spacial score (nSPS) is 21.5. The van der Waals surface area contributed by atoms with Gasteiger partial charge in [-0.15, -0.1) is 0 Å². The van der Waals surface area contributed by atoms with E-state index in [1.807, 2.05) is 29.8 Å². The van der Waals surface area contributed by atoms with Crippen molar-refractivity contribution in [3.8, 4) is 0 Å². The average Bonchev–Trinajstić information content (AvgIpc) is 3.08. The molecule has 1 saturated heterocycles. The van der Waals surface area contributed by atoms with Crippen molar-refractivity contribution in [1.82, 2.24) is 9.80 Å². The van der Waals surface area contributed by atoms with Crippen LogP contribution in [0, 0.1) is 0 Å². The van der Waals surface area contributed by atoms with Gasteiger partial charge in [0.1, 0.15) is 0 Å². The van der Waals surface area contributed by atoms with E-state index in [4.69, 9.17) is 0 Å². The topological polar surface area (TPSA) is 35.6 Å². The fourth-order valence-corrected chi connectivity index (χ4v) is 4.52. The number of thioether (sulfide) groups is 1. The van der Waals surface area contributed by atoms with Gasteiger partial charge in [0.15, 0.2) is 0 Å². The smallest absolute Gasteiger partial charge is 0.321 e. The standard InChI is InChI=1S/C17H25N3OS/c1-3-20-9-7-15-13(11-20)5-4-6-16(15)18-17(21)19(2)14-8-10-22-12-14/h4-6,14H,3,7-12H2,1-2H3,(H,18,21)/t14-/m0/s1. The van der Waals surface area contributed by atoms with Crippen LogP contribution in [0.4, 0.5) is 10.5 Å². The molecule has 5 heteroatoms. The molecule has 2 amide bonds. The minimum atomic E-state index is 0.0267. The minimum absolute atomic E-state index is 0.0267. The van der Waals surface area contributed by atoms with Crippen molar-refractivity contribution < 1.29 is 4.79 Å². The number of hydrogen-bond acceptors (Lipinski definition) is 3. The summed E-state index contributed by atoms with van der Waals surface area (Å²) in [5.41, 5.74) is 3.66. The van der Waals surface area contributed by atoms with Crippen LogP contribution >= 0.6 is 11.8 Å². The van der Waals surface area contributed by atoms with E-state index in [1.165, 1.54) is 11.1 Å². The van der Waals surface area contributed by atoms with E-state index >= 15 is 0 Å². The van der Waals surface area contributed by atoms with Gasteiger partial charge < -0.3 is 10.2 Å². The predicted molar refractivity (Wildman–Crippen MR) is 93.6 cm³/mol. The lowest BCUT2D eigenvalue weighted by molar-refractivity contribution is 0.209. The number of nitrogens with one attached hydrogen (secondary N) is 1. The van der Waals surface area contributed by atoms with Crippen molar-refractivity contribution in [2.75, 3.05) is 37.0 Å². The molecule has 2 aliphatic rings. The van der Waals surface area contributed by atoms with Gasteiger partial charge in [0.25, 0.3) is 0 Å². The number of nitrogens with zero attached hydrogens (tertiary/aromatic N) is 2. The number of likely N-dealkylation sites (N-methyl/N-ethyl adjacent to an activating group) is 1. The van der Waals surface area contributed by atoms with E-state index < -0.39 is 0 Å². The molecule has 0 spiro atoms. The molecule has 1 aromatic rings. The highest BCUT2D eigenvalue weighted by molar-refractivity contribution is 7.99. The molecule has 0 saturated carbocycles. The van der Waals surface area contributed by atoms with Gasteiger partial charge >= 0.3 is 6.03 Å². The van der Waals surface area contributed by atoms with E-state index in [0.717, 1.165) is 49.7 Å². The third-order valence-corrected chi connectivity index (χ3v) is 5.95. The number of fused-ring (bicyclic) bond motifs is 1. The van der Waals surface area contributed by atoms with Crippen LogP contribution in [0.1, 0.15) is 24.5 Å². The lowest BCUT2D eigenvalue weighted by Crippen LogP contribution is -2.40. The largest absolute Gasteiger partial charge is 0.324 e. The van der Waals surface area contributed by atoms with Crippen molar-refractivity contribution in [1.29, 1.82) is 0 Å². The summed E-state index contributed by atoms with van der Waals surface area (Å²) < 4.78 is 0. The van der Waals surface area contributed by atoms with E-state index in [9.17, 15) is 4.79 Å². The maximum atomic E-state index is 12.5. The average molecular weight is 319 g/mol. The van der Waals surface area contributed by atoms with Crippen LogP contribution in [0.2, 0.25) is 0 Å². The molecule has 2 aliphatic heterocycles. The van der Waals surface area contributed by atoms with E-state index in [2.05, 4.69) is 29.3 Å². The Balaban J connectivity index is 1.71. The molecule has 0 aliphatic carbocycles. The van der Waals surface area contributed by atoms with Crippen LogP contribution in [0.15, 0.2) is 18.2 Å². The van der Waals surface area contributed by atoms with Crippen molar-refractivity contribution >= 4 is 23.5 Å². The zero-order valence-corrected chi connectivity index (χ0v) is 14.3. The Morgan fingerprint density at radius 3 is 3.09 bits per heavy atom. The lowest BCUT2D eigenvalue weighted by atomic mass is 9.98. The molecule has 1 fully saturated rings. The summed E-state index contributed by atoms with van der Waals surface area (Å²) in [5, 5.41) is 3.14. The summed E-state index contributed by atoms with van der Waals surface area (Å²) in [6.45, 7) is 5.35. The zero-order valence-electron chi connectivity index (χ0n) is 13.5. The molecule has 0 bridgehead atoms. The van der Waals surface area contributed by atoms with E-state index in [-0.39, 0.29) is 6.03 Å². The Labute approximate surface area is 137 Å². The number of carbonyl (C=O) groups is 1. The molecule has 1 aromatic carbocycles. The summed E-state index contributed by atoms with van der Waals surface area (Å²) in [4.78, 5) is 16.8. The molecule has 0 unspecified atom stereocenters. The van der Waals surface area contributed by atoms with Crippen LogP contribution in [-0.4, -0.2) is 53.5 Å². The molecule has 1 atom stereocenters. The molecule has 22 heavy (non-hydrogen) atoms. The monoisotopic (exact) mass is 319 g/mol. The Bertz CT molecular complexity index is 543. The Morgan fingerprint density at radius 2 is 2.36 bits per heavy atom. The summed E-state index contributed by atoms with van der Waals surface area (Å²) in [5.74, 6) is 2.22. The van der Waals surface area contributed by atoms with Crippen molar-refractivity contribution in [2.45, 2.75) is 32.4 Å². The quantitative estimate of drug-likeness (QED) is 0.930. The fraction of sp³-hybridized carbons (Fsp3) is 0.588. The van der Waals surface area contributed by atoms with E-state index in [0.29, 0.717) is 6.04 Å². The number of urea groups is 1. The van der Waals surface area contributed by atoms with Crippen LogP contribution < -0.4 is 5.32 Å². The number of benzene rings is 1. The van der Waals surface area contributed by atoms with Gasteiger partial charge in [-0.3, -0.25) is 4.90 Å². The number of amides is 2. The Morgan fingerprint density at radius 1 is 1.50 bits per heavy atom. The first-order valence-corrected chi connectivity index (χ1v) is 9.29. The maximum Gasteiger partial charge on any atom is 0.321 e. The summed E-state index contributed by atoms with van der Waals surface area (Å²) in [6, 6.07) is 6.68. The zero-order chi connectivity index (χ0) is 15.5. The molecular weight excluding hydrogens is 294 g/mol. The second kappa shape index (κ2) is 6.92. The number of hydrogen-bond donors (Lipinski definition) is 1. The SMILES string of the molecule is CCN1CCc2c(cccc2NC(=O)N(C)[C@H]2CCSC2)C1. The van der Waals surface area contributed by atoms with Gasteiger partial charge in [0, 0.05) is 37.6 Å². The molecule has 2 heterocycles. The number of carbonyl (C=O) groups excluding carboxylic acids is 1. The van der Waals surface area contributed by atoms with E-state index in [1.54, 1.807) is 0 Å². The molecule has 0 radical (unpaired) electrons. The number of rotatable bonds is 3. The molecule has 0 aromatic heterocycles. The van der Waals surface area contributed by atoms with Gasteiger partial charge in [-0.2, -0.15) is 11.8 Å². The van der Waals surface area contributed by atoms with Gasteiger partial charge in [-0.1, -0.05) is 19.1 Å². The van der Waals surface area contributed by atoms with Gasteiger partial charge in [0.2, 0.25) is 0 Å². The lowest BCUT2D eigenvalue weighted by Gasteiger charge is -2.30. The van der Waals surface area contributed by atoms with Gasteiger partial charge in [-0.05, 0) is 42.3 Å². The third-order valence-electron chi connectivity index (χ3n) is 4.81. The highest BCUT2D eigenvalue weighted by Gasteiger charge is 2.25. The molecular formula is C17H25N3OS.